The largest absolute Gasteiger partial charge is 0.628 e. The number of aromatic nitrogens is 4. The van der Waals surface area contributed by atoms with Crippen molar-refractivity contribution >= 4 is 0 Å². The Hall–Kier alpha value is -8.58. The maximum atomic E-state index is 8.29. The van der Waals surface area contributed by atoms with Crippen LogP contribution in [0.25, 0.3) is 0 Å². The van der Waals surface area contributed by atoms with Gasteiger partial charge in [0.05, 0.1) is 45.5 Å². The van der Waals surface area contributed by atoms with Gasteiger partial charge >= 0.3 is 0 Å². The van der Waals surface area contributed by atoms with Crippen molar-refractivity contribution < 1.29 is 17.1 Å². The van der Waals surface area contributed by atoms with Gasteiger partial charge < -0.3 is 19.9 Å². The zero-order valence-corrected chi connectivity index (χ0v) is 36.1. The van der Waals surface area contributed by atoms with Crippen LogP contribution in [0.2, 0.25) is 0 Å². The van der Waals surface area contributed by atoms with Gasteiger partial charge in [0, 0.05) is 138 Å². The minimum Gasteiger partial charge on any atom is -0.628 e. The van der Waals surface area contributed by atoms with E-state index in [2.05, 4.69) is 146 Å². The first kappa shape index (κ1) is 43.1. The van der Waals surface area contributed by atoms with Crippen molar-refractivity contribution in [3.8, 4) is 12.1 Å². The molecule has 0 saturated heterocycles. The van der Waals surface area contributed by atoms with Gasteiger partial charge in [0.15, 0.2) is 0 Å². The second-order valence-corrected chi connectivity index (χ2v) is 14.8. The van der Waals surface area contributed by atoms with E-state index in [9.17, 15) is 0 Å². The molecule has 0 aliphatic carbocycles. The van der Waals surface area contributed by atoms with E-state index in [1.807, 2.05) is 72.8 Å². The van der Waals surface area contributed by atoms with Crippen LogP contribution in [-0.4, -0.2) is 0 Å². The Labute approximate surface area is 390 Å². The molecule has 0 fully saturated rings. The molecule has 308 valence electrons. The fourth-order valence-corrected chi connectivity index (χ4v) is 7.72. The Bertz CT molecular complexity index is 2630. The Morgan fingerprint density at radius 2 is 0.415 bits per heavy atom. The van der Waals surface area contributed by atoms with Crippen LogP contribution >= 0.6 is 0 Å². The number of benzene rings is 6. The quantitative estimate of drug-likeness (QED) is 0.129. The van der Waals surface area contributed by atoms with Gasteiger partial charge in [-0.25, -0.2) is 0 Å². The van der Waals surface area contributed by atoms with Crippen LogP contribution in [0.4, 0.5) is 0 Å². The van der Waals surface area contributed by atoms with Gasteiger partial charge in [-0.05, 0) is 143 Å². The molecule has 0 N–H and O–H groups in total. The third-order valence-electron chi connectivity index (χ3n) is 10.7. The normalized spacial score (nSPS) is 11.4. The minimum atomic E-state index is 0. The molecule has 1 aliphatic rings. The maximum Gasteiger partial charge on any atom is 0.0991 e. The summed E-state index contributed by atoms with van der Waals surface area (Å²) in [6.45, 7) is 0. The summed E-state index contributed by atoms with van der Waals surface area (Å²) in [6, 6.07) is 80.7. The van der Waals surface area contributed by atoms with E-state index < -0.39 is 0 Å². The van der Waals surface area contributed by atoms with Gasteiger partial charge in [0.25, 0.3) is 0 Å². The van der Waals surface area contributed by atoms with Crippen molar-refractivity contribution in [1.29, 1.82) is 10.5 Å². The van der Waals surface area contributed by atoms with Crippen LogP contribution in [-0.2, 0) is 17.1 Å². The molecule has 10 aromatic rings. The maximum absolute atomic E-state index is 8.29. The molecule has 5 heterocycles. The van der Waals surface area contributed by atoms with Crippen molar-refractivity contribution in [2.45, 2.75) is 0 Å². The van der Waals surface area contributed by atoms with Crippen LogP contribution in [0.15, 0.2) is 231 Å². The SMILES string of the molecule is N#Cc1ccccc1.N#Cc1ccccc1.[Fe].c1ccc([C+]2c3ccc([n-]3)[C+](c3ccccc3)c3ccc([n-]3)[C+](c3ccccc3)c3ccc([n-]3)[C+](c3ccccc3)c3ccc2[n-]3)cc1. The van der Waals surface area contributed by atoms with E-state index in [0.29, 0.717) is 11.1 Å². The van der Waals surface area contributed by atoms with Crippen LogP contribution < -0.4 is 19.9 Å². The Morgan fingerprint density at radius 1 is 0.246 bits per heavy atom. The molecule has 0 unspecified atom stereocenters. The molecular weight excluding hydrogens is 837 g/mol. The third kappa shape index (κ3) is 9.74. The summed E-state index contributed by atoms with van der Waals surface area (Å²) in [6.07, 6.45) is 0. The predicted octanol–water partition coefficient (Wildman–Crippen LogP) is 11.0. The smallest absolute Gasteiger partial charge is 0.0991 e. The number of hydrogen-bond acceptors (Lipinski definition) is 2. The summed E-state index contributed by atoms with van der Waals surface area (Å²) in [7, 11) is 0. The van der Waals surface area contributed by atoms with Crippen molar-refractivity contribution in [3.05, 3.63) is 333 Å². The van der Waals surface area contributed by atoms with Gasteiger partial charge in [-0.15, -0.1) is 0 Å². The standard InChI is InChI=1S/C44H28N4.2C7H5N.Fe/c1-5-13-29(14-6-1)41-33-21-23-35(45-33)42(30-15-7-2-8-16-30)37-25-27-39(47-37)44(32-19-11-4-12-20-32)40-28-26-38(48-40)43(31-17-9-3-10-18-31)36-24-22-34(41)46-36;2*8-6-7-4-2-1-3-5-7;/h1-28H;2*1-5H;. The van der Waals surface area contributed by atoms with E-state index in [1.165, 1.54) is 0 Å². The number of hydrogen-bond donors (Lipinski definition) is 0. The average Bonchev–Trinajstić information content (AvgIpc) is 4.23. The van der Waals surface area contributed by atoms with Gasteiger partial charge in [0.2, 0.25) is 0 Å². The fraction of sp³-hybridized carbons (Fsp3) is 0. The van der Waals surface area contributed by atoms with E-state index in [0.717, 1.165) is 91.5 Å². The van der Waals surface area contributed by atoms with Crippen LogP contribution in [0.1, 0.15) is 78.9 Å². The molecule has 65 heavy (non-hydrogen) atoms. The zero-order chi connectivity index (χ0) is 43.5. The molecular formula is C58H38FeN6. The molecule has 8 bridgehead atoms. The molecule has 11 rings (SSSR count). The molecule has 6 nitrogen and oxygen atoms in total. The number of nitriles is 2. The summed E-state index contributed by atoms with van der Waals surface area (Å²) in [5.74, 6) is 3.91. The summed E-state index contributed by atoms with van der Waals surface area (Å²) in [5.41, 5.74) is 12.5. The van der Waals surface area contributed by atoms with Crippen LogP contribution in [0.3, 0.4) is 0 Å². The van der Waals surface area contributed by atoms with E-state index in [1.54, 1.807) is 24.3 Å². The number of rotatable bonds is 4. The van der Waals surface area contributed by atoms with E-state index in [-0.39, 0.29) is 17.1 Å². The number of fused-ring (bicyclic) bond motifs is 8. The first-order valence-electron chi connectivity index (χ1n) is 20.8. The second kappa shape index (κ2) is 20.5. The van der Waals surface area contributed by atoms with Crippen LogP contribution in [0.5, 0.6) is 0 Å². The molecule has 0 saturated carbocycles. The van der Waals surface area contributed by atoms with E-state index >= 15 is 0 Å². The molecule has 0 amide bonds. The Balaban J connectivity index is 0.000000286. The molecule has 4 aromatic heterocycles. The van der Waals surface area contributed by atoms with Crippen molar-refractivity contribution in [2.24, 2.45) is 0 Å². The first-order valence-corrected chi connectivity index (χ1v) is 20.8. The van der Waals surface area contributed by atoms with Gasteiger partial charge in [-0.3, -0.25) is 0 Å². The monoisotopic (exact) mass is 874 g/mol. The van der Waals surface area contributed by atoms with Gasteiger partial charge in [0.1, 0.15) is 0 Å². The van der Waals surface area contributed by atoms with Crippen molar-refractivity contribution in [3.63, 3.8) is 0 Å². The third-order valence-corrected chi connectivity index (χ3v) is 10.7. The van der Waals surface area contributed by atoms with Crippen molar-refractivity contribution in [1.82, 2.24) is 19.9 Å². The molecule has 6 aromatic carbocycles. The fourth-order valence-electron chi connectivity index (χ4n) is 7.72. The van der Waals surface area contributed by atoms with Crippen molar-refractivity contribution in [2.75, 3.05) is 0 Å². The predicted molar refractivity (Wildman–Crippen MR) is 249 cm³/mol. The first-order chi connectivity index (χ1) is 31.7. The topological polar surface area (TPSA) is 104 Å². The Kier molecular flexibility index (Phi) is 13.6. The molecule has 0 radical (unpaired) electrons. The molecule has 7 heteroatoms. The summed E-state index contributed by atoms with van der Waals surface area (Å²) in [4.78, 5) is 21.2. The second-order valence-electron chi connectivity index (χ2n) is 14.8. The molecule has 1 aliphatic heterocycles. The van der Waals surface area contributed by atoms with E-state index in [4.69, 9.17) is 30.5 Å². The van der Waals surface area contributed by atoms with Crippen LogP contribution in [0, 0.1) is 46.3 Å². The number of nitrogens with zero attached hydrogens (tertiary/aromatic N) is 6. The van der Waals surface area contributed by atoms with Gasteiger partial charge in [-0.2, -0.15) is 10.5 Å². The molecule has 0 atom stereocenters. The summed E-state index contributed by atoms with van der Waals surface area (Å²) < 4.78 is 0. The summed E-state index contributed by atoms with van der Waals surface area (Å²) in [5, 5.41) is 16.6. The Morgan fingerprint density at radius 3 is 0.569 bits per heavy atom. The van der Waals surface area contributed by atoms with Gasteiger partial charge in [-0.1, -0.05) is 36.4 Å². The molecule has 0 spiro atoms. The summed E-state index contributed by atoms with van der Waals surface area (Å²) >= 11 is 0. The zero-order valence-electron chi connectivity index (χ0n) is 35.0. The minimum absolute atomic E-state index is 0. The average molecular weight is 875 g/mol.